The molecule has 59 heavy (non-hydrogen) atoms. The summed E-state index contributed by atoms with van der Waals surface area (Å²) in [6.45, 7) is 0. The lowest BCUT2D eigenvalue weighted by Crippen LogP contribution is -2.56. The Hall–Kier alpha value is -6.49. The summed E-state index contributed by atoms with van der Waals surface area (Å²) in [5, 5.41) is 7.60. The highest BCUT2D eigenvalue weighted by Gasteiger charge is 2.23. The van der Waals surface area contributed by atoms with Crippen LogP contribution in [0.5, 0.6) is 0 Å². The minimum atomic E-state index is 0.953. The fourth-order valence-electron chi connectivity index (χ4n) is 9.65. The molecule has 2 nitrogen and oxygen atoms in total. The van der Waals surface area contributed by atoms with E-state index >= 15 is 0 Å². The second-order valence-corrected chi connectivity index (χ2v) is 17.1. The monoisotopic (exact) mass is 764 g/mol. The van der Waals surface area contributed by atoms with Crippen LogP contribution in [0.25, 0.3) is 103 Å². The van der Waals surface area contributed by atoms with E-state index in [0.717, 1.165) is 22.4 Å². The number of hydrogen-bond acceptors (Lipinski definition) is 2. The number of aromatic nitrogens is 2. The number of rotatable bonds is 5. The Kier molecular flexibility index (Phi) is 8.36. The van der Waals surface area contributed by atoms with Crippen molar-refractivity contribution in [3.05, 3.63) is 164 Å². The Morgan fingerprint density at radius 3 is 1.80 bits per heavy atom. The molecule has 0 radical (unpaired) electrons. The van der Waals surface area contributed by atoms with Gasteiger partial charge in [0.25, 0.3) is 0 Å². The Morgan fingerprint density at radius 2 is 1.00 bits per heavy atom. The lowest BCUT2D eigenvalue weighted by atomic mass is 9.61. The third-order valence-electron chi connectivity index (χ3n) is 13.0. The van der Waals surface area contributed by atoms with E-state index in [9.17, 15) is 0 Å². The lowest BCUT2D eigenvalue weighted by molar-refractivity contribution is 1.12. The summed E-state index contributed by atoms with van der Waals surface area (Å²) in [6, 6.07) is 60.3. The van der Waals surface area contributed by atoms with Crippen LogP contribution in [-0.4, -0.2) is 48.8 Å². The van der Waals surface area contributed by atoms with Gasteiger partial charge in [0.2, 0.25) is 0 Å². The Morgan fingerprint density at radius 1 is 0.407 bits per heavy atom. The molecule has 9 aromatic carbocycles. The highest BCUT2D eigenvalue weighted by atomic mass is 32.1. The van der Waals surface area contributed by atoms with Crippen LogP contribution in [0.1, 0.15) is 0 Å². The summed E-state index contributed by atoms with van der Waals surface area (Å²) in [5.41, 5.74) is 18.4. The molecule has 0 saturated carbocycles. The van der Waals surface area contributed by atoms with Gasteiger partial charge in [-0.25, -0.2) is 4.98 Å². The first kappa shape index (κ1) is 35.7. The molecule has 0 amide bonds. The maximum absolute atomic E-state index is 5.39. The highest BCUT2D eigenvalue weighted by molar-refractivity contribution is 7.26. The Labute approximate surface area is 352 Å². The van der Waals surface area contributed by atoms with E-state index < -0.39 is 0 Å². The second kappa shape index (κ2) is 13.8. The van der Waals surface area contributed by atoms with E-state index in [1.807, 2.05) is 11.3 Å². The van der Waals surface area contributed by atoms with Crippen LogP contribution in [0.4, 0.5) is 0 Å². The van der Waals surface area contributed by atoms with Crippen LogP contribution < -0.4 is 27.3 Å². The molecule has 0 unspecified atom stereocenters. The number of thiophene rings is 1. The molecular formula is C51H37B5N2S. The van der Waals surface area contributed by atoms with Crippen LogP contribution in [0.15, 0.2) is 164 Å². The first-order chi connectivity index (χ1) is 28.9. The molecule has 272 valence electrons. The third kappa shape index (κ3) is 5.50. The van der Waals surface area contributed by atoms with Gasteiger partial charge in [0.15, 0.2) is 0 Å². The van der Waals surface area contributed by atoms with Gasteiger partial charge < -0.3 is 0 Å². The van der Waals surface area contributed by atoms with Gasteiger partial charge >= 0.3 is 0 Å². The Bertz CT molecular complexity index is 3490. The molecule has 0 aliphatic heterocycles. The molecule has 8 heteroatoms. The number of imidazole rings is 1. The van der Waals surface area contributed by atoms with Crippen molar-refractivity contribution in [1.82, 2.24) is 9.55 Å². The predicted octanol–water partition coefficient (Wildman–Crippen LogP) is 5.66. The van der Waals surface area contributed by atoms with Gasteiger partial charge in [-0.3, -0.25) is 4.57 Å². The summed E-state index contributed by atoms with van der Waals surface area (Å²) in [7, 11) is 11.3. The predicted molar refractivity (Wildman–Crippen MR) is 272 cm³/mol. The minimum Gasteiger partial charge on any atom is -0.294 e. The van der Waals surface area contributed by atoms with Gasteiger partial charge in [-0.15, -0.1) is 16.8 Å². The SMILES string of the molecule is Bc1c(B)c(B)c(-n2c(-c3cccc(-c4c5ccccc5c(-c5cccc6sc7ccccc7c56)c5cc(-c6ccccc6)ccc45)c3)nc3ccccc32)c(B)c1B. The number of hydrogen-bond donors (Lipinski definition) is 0. The van der Waals surface area contributed by atoms with E-state index in [1.165, 1.54) is 108 Å². The standard InChI is InChI=1S/C51H37B5N2S/c52-45-46(53)48(55)50(49(56)47(45)54)58-39-21-8-7-20-38(39)57-51(58)31-15-10-14-30(26-31)42-32-16-4-5-17-33(32)43(37-27-29(24-25-34(37)42)28-12-2-1-3-13-28)36-19-11-23-41-44(36)35-18-6-9-22-40(35)59-41/h1-27H,52-56H2. The van der Waals surface area contributed by atoms with Crippen LogP contribution >= 0.6 is 11.3 Å². The zero-order chi connectivity index (χ0) is 39.9. The molecule has 0 atom stereocenters. The molecule has 2 heterocycles. The van der Waals surface area contributed by atoms with Gasteiger partial charge in [0.1, 0.15) is 45.1 Å². The number of fused-ring (bicyclic) bond motifs is 6. The summed E-state index contributed by atoms with van der Waals surface area (Å²) < 4.78 is 5.04. The third-order valence-corrected chi connectivity index (χ3v) is 14.1. The van der Waals surface area contributed by atoms with Crippen molar-refractivity contribution >= 4 is 131 Å². The van der Waals surface area contributed by atoms with Crippen molar-refractivity contribution in [3.63, 3.8) is 0 Å². The van der Waals surface area contributed by atoms with Crippen LogP contribution in [0, 0.1) is 0 Å². The fraction of sp³-hybridized carbons (Fsp3) is 0. The molecule has 11 aromatic rings. The molecule has 0 N–H and O–H groups in total. The second-order valence-electron chi connectivity index (χ2n) is 16.0. The largest absolute Gasteiger partial charge is 0.294 e. The van der Waals surface area contributed by atoms with Crippen molar-refractivity contribution in [3.8, 4) is 50.5 Å². The summed E-state index contributed by atoms with van der Waals surface area (Å²) in [6.07, 6.45) is 0. The van der Waals surface area contributed by atoms with Crippen LogP contribution in [0.2, 0.25) is 0 Å². The van der Waals surface area contributed by atoms with Gasteiger partial charge in [-0.2, -0.15) is 0 Å². The van der Waals surface area contributed by atoms with Crippen molar-refractivity contribution in [2.45, 2.75) is 0 Å². The van der Waals surface area contributed by atoms with Gasteiger partial charge in [0, 0.05) is 31.4 Å². The van der Waals surface area contributed by atoms with E-state index in [4.69, 9.17) is 4.98 Å². The molecule has 0 aliphatic carbocycles. The van der Waals surface area contributed by atoms with Crippen LogP contribution in [0.3, 0.4) is 0 Å². The summed E-state index contributed by atoms with van der Waals surface area (Å²) in [5.74, 6) is 0.953. The number of para-hydroxylation sites is 2. The fourth-order valence-corrected chi connectivity index (χ4v) is 10.8. The number of benzene rings is 9. The van der Waals surface area contributed by atoms with Crippen molar-refractivity contribution in [2.24, 2.45) is 0 Å². The van der Waals surface area contributed by atoms with Gasteiger partial charge in [-0.1, -0.05) is 149 Å². The molecule has 0 spiro atoms. The van der Waals surface area contributed by atoms with E-state index in [2.05, 4.69) is 208 Å². The van der Waals surface area contributed by atoms with Crippen LogP contribution in [-0.2, 0) is 0 Å². The highest BCUT2D eigenvalue weighted by Crippen LogP contribution is 2.49. The Balaban J connectivity index is 1.22. The van der Waals surface area contributed by atoms with Crippen molar-refractivity contribution < 1.29 is 0 Å². The zero-order valence-electron chi connectivity index (χ0n) is 33.9. The average Bonchev–Trinajstić information content (AvgIpc) is 3.86. The van der Waals surface area contributed by atoms with E-state index in [0.29, 0.717) is 0 Å². The zero-order valence-corrected chi connectivity index (χ0v) is 34.7. The topological polar surface area (TPSA) is 17.8 Å². The quantitative estimate of drug-likeness (QED) is 0.164. The van der Waals surface area contributed by atoms with E-state index in [1.54, 1.807) is 0 Å². The van der Waals surface area contributed by atoms with Gasteiger partial charge in [0.05, 0.1) is 11.0 Å². The average molecular weight is 764 g/mol. The smallest absolute Gasteiger partial charge is 0.145 e. The molecule has 2 aromatic heterocycles. The van der Waals surface area contributed by atoms with E-state index in [-0.39, 0.29) is 0 Å². The van der Waals surface area contributed by atoms with Gasteiger partial charge in [-0.05, 0) is 91.3 Å². The first-order valence-corrected chi connectivity index (χ1v) is 21.3. The number of nitrogens with zero attached hydrogens (tertiary/aromatic N) is 2. The van der Waals surface area contributed by atoms with Crippen molar-refractivity contribution in [1.29, 1.82) is 0 Å². The molecule has 11 rings (SSSR count). The maximum Gasteiger partial charge on any atom is 0.145 e. The summed E-state index contributed by atoms with van der Waals surface area (Å²) >= 11 is 1.88. The minimum absolute atomic E-state index is 0.953. The molecule has 0 saturated heterocycles. The normalized spacial score (nSPS) is 11.7. The van der Waals surface area contributed by atoms with Crippen molar-refractivity contribution in [2.75, 3.05) is 0 Å². The first-order valence-electron chi connectivity index (χ1n) is 20.5. The molecule has 0 fully saturated rings. The summed E-state index contributed by atoms with van der Waals surface area (Å²) in [4.78, 5) is 5.39. The molecular weight excluding hydrogens is 727 g/mol. The lowest BCUT2D eigenvalue weighted by Gasteiger charge is -2.23. The maximum atomic E-state index is 5.39. The molecule has 0 bridgehead atoms. The molecule has 0 aliphatic rings.